The number of benzene rings is 2. The summed E-state index contributed by atoms with van der Waals surface area (Å²) in [6, 6.07) is 13.5. The van der Waals surface area contributed by atoms with Crippen molar-refractivity contribution in [2.75, 3.05) is 13.7 Å². The molecule has 2 rings (SSSR count). The van der Waals surface area contributed by atoms with E-state index >= 15 is 0 Å². The largest absolute Gasteiger partial charge is 0.493 e. The number of hydrogen-bond donors (Lipinski definition) is 0. The third kappa shape index (κ3) is 4.84. The summed E-state index contributed by atoms with van der Waals surface area (Å²) in [7, 11) is 1.57. The SMILES string of the molecule is CCCCOc1ccc(C=C(C#N)c2ccc([N+](=O)[O-])cc2)cc1OC. The van der Waals surface area contributed by atoms with Crippen LogP contribution < -0.4 is 9.47 Å². The van der Waals surface area contributed by atoms with Crippen LogP contribution in [-0.4, -0.2) is 18.6 Å². The summed E-state index contributed by atoms with van der Waals surface area (Å²) in [6.45, 7) is 2.71. The monoisotopic (exact) mass is 352 g/mol. The maximum atomic E-state index is 10.7. The molecule has 6 nitrogen and oxygen atoms in total. The molecule has 0 aliphatic rings. The molecule has 0 atom stereocenters. The number of unbranched alkanes of at least 4 members (excludes halogenated alkanes) is 1. The van der Waals surface area contributed by atoms with Gasteiger partial charge in [-0.1, -0.05) is 19.4 Å². The van der Waals surface area contributed by atoms with E-state index in [2.05, 4.69) is 13.0 Å². The first-order valence-corrected chi connectivity index (χ1v) is 8.26. The second kappa shape index (κ2) is 9.23. The topological polar surface area (TPSA) is 85.4 Å². The molecule has 134 valence electrons. The molecule has 0 unspecified atom stereocenters. The first kappa shape index (κ1) is 19.0. The van der Waals surface area contributed by atoms with Gasteiger partial charge >= 0.3 is 0 Å². The van der Waals surface area contributed by atoms with Gasteiger partial charge in [0.1, 0.15) is 0 Å². The molecule has 0 aliphatic carbocycles. The lowest BCUT2D eigenvalue weighted by atomic mass is 10.0. The van der Waals surface area contributed by atoms with Crippen LogP contribution in [0.25, 0.3) is 11.6 Å². The fourth-order valence-corrected chi connectivity index (χ4v) is 2.33. The van der Waals surface area contributed by atoms with Crippen LogP contribution >= 0.6 is 0 Å². The van der Waals surface area contributed by atoms with Gasteiger partial charge in [0, 0.05) is 12.1 Å². The van der Waals surface area contributed by atoms with Crippen molar-refractivity contribution < 1.29 is 14.4 Å². The molecule has 0 radical (unpaired) electrons. The number of rotatable bonds is 8. The highest BCUT2D eigenvalue weighted by Gasteiger charge is 2.09. The molecule has 0 spiro atoms. The lowest BCUT2D eigenvalue weighted by Gasteiger charge is -2.11. The van der Waals surface area contributed by atoms with Crippen molar-refractivity contribution in [2.45, 2.75) is 19.8 Å². The Labute approximate surface area is 152 Å². The Morgan fingerprint density at radius 2 is 1.96 bits per heavy atom. The number of hydrogen-bond acceptors (Lipinski definition) is 5. The summed E-state index contributed by atoms with van der Waals surface area (Å²) in [6.07, 6.45) is 3.72. The molecule has 6 heteroatoms. The lowest BCUT2D eigenvalue weighted by Crippen LogP contribution is -1.99. The van der Waals surface area contributed by atoms with E-state index in [-0.39, 0.29) is 5.69 Å². The summed E-state index contributed by atoms with van der Waals surface area (Å²) in [5.41, 5.74) is 1.78. The van der Waals surface area contributed by atoms with Gasteiger partial charge in [0.05, 0.1) is 30.3 Å². The zero-order valence-electron chi connectivity index (χ0n) is 14.8. The number of nitro benzene ring substituents is 1. The van der Waals surface area contributed by atoms with Crippen molar-refractivity contribution in [2.24, 2.45) is 0 Å². The number of nitriles is 1. The predicted octanol–water partition coefficient (Wildman–Crippen LogP) is 4.85. The molecule has 0 saturated carbocycles. The van der Waals surface area contributed by atoms with E-state index in [1.54, 1.807) is 31.4 Å². The Morgan fingerprint density at radius 1 is 1.23 bits per heavy atom. The van der Waals surface area contributed by atoms with E-state index in [0.717, 1.165) is 18.4 Å². The molecule has 0 saturated heterocycles. The van der Waals surface area contributed by atoms with Crippen molar-refractivity contribution in [3.05, 3.63) is 63.7 Å². The maximum absolute atomic E-state index is 10.7. The van der Waals surface area contributed by atoms with Crippen molar-refractivity contribution in [3.63, 3.8) is 0 Å². The highest BCUT2D eigenvalue weighted by molar-refractivity contribution is 5.90. The molecule has 0 fully saturated rings. The van der Waals surface area contributed by atoms with Gasteiger partial charge in [0.15, 0.2) is 11.5 Å². The van der Waals surface area contributed by atoms with E-state index in [1.165, 1.54) is 12.1 Å². The van der Waals surface area contributed by atoms with Gasteiger partial charge in [-0.25, -0.2) is 0 Å². The summed E-state index contributed by atoms with van der Waals surface area (Å²) in [5, 5.41) is 20.2. The highest BCUT2D eigenvalue weighted by Crippen LogP contribution is 2.30. The van der Waals surface area contributed by atoms with Crippen molar-refractivity contribution in [1.29, 1.82) is 5.26 Å². The van der Waals surface area contributed by atoms with Crippen molar-refractivity contribution in [1.82, 2.24) is 0 Å². The van der Waals surface area contributed by atoms with E-state index in [0.29, 0.717) is 29.2 Å². The van der Waals surface area contributed by atoms with Crippen LogP contribution in [0.4, 0.5) is 5.69 Å². The first-order chi connectivity index (χ1) is 12.6. The minimum atomic E-state index is -0.471. The quantitative estimate of drug-likeness (QED) is 0.223. The Hall–Kier alpha value is -3.33. The van der Waals surface area contributed by atoms with Crippen LogP contribution in [0.3, 0.4) is 0 Å². The Morgan fingerprint density at radius 3 is 2.54 bits per heavy atom. The Bertz CT molecular complexity index is 836. The zero-order valence-corrected chi connectivity index (χ0v) is 14.8. The van der Waals surface area contributed by atoms with Gasteiger partial charge < -0.3 is 9.47 Å². The number of methoxy groups -OCH3 is 1. The van der Waals surface area contributed by atoms with Crippen LogP contribution in [0.5, 0.6) is 11.5 Å². The number of nitro groups is 1. The third-order valence-electron chi connectivity index (χ3n) is 3.76. The van der Waals surface area contributed by atoms with Crippen LogP contribution in [0, 0.1) is 21.4 Å². The minimum Gasteiger partial charge on any atom is -0.493 e. The molecule has 0 amide bonds. The lowest BCUT2D eigenvalue weighted by molar-refractivity contribution is -0.384. The van der Waals surface area contributed by atoms with Crippen LogP contribution in [0.15, 0.2) is 42.5 Å². The van der Waals surface area contributed by atoms with Crippen molar-refractivity contribution >= 4 is 17.3 Å². The fourth-order valence-electron chi connectivity index (χ4n) is 2.33. The van der Waals surface area contributed by atoms with Gasteiger partial charge in [-0.2, -0.15) is 5.26 Å². The molecule has 0 heterocycles. The Balaban J connectivity index is 2.27. The van der Waals surface area contributed by atoms with Crippen LogP contribution in [0.1, 0.15) is 30.9 Å². The summed E-state index contributed by atoms with van der Waals surface area (Å²) in [5.74, 6) is 1.25. The number of ether oxygens (including phenoxy) is 2. The van der Waals surface area contributed by atoms with E-state index in [4.69, 9.17) is 9.47 Å². The zero-order chi connectivity index (χ0) is 18.9. The van der Waals surface area contributed by atoms with Gasteiger partial charge in [-0.15, -0.1) is 0 Å². The van der Waals surface area contributed by atoms with Gasteiger partial charge in [-0.3, -0.25) is 10.1 Å². The second-order valence-corrected chi connectivity index (χ2v) is 5.59. The summed E-state index contributed by atoms with van der Waals surface area (Å²) in [4.78, 5) is 10.3. The standard InChI is InChI=1S/C20H20N2O4/c1-3-4-11-26-19-10-5-15(13-20(19)25-2)12-17(14-21)16-6-8-18(9-7-16)22(23)24/h5-10,12-13H,3-4,11H2,1-2H3. The average molecular weight is 352 g/mol. The molecule has 2 aromatic rings. The molecule has 26 heavy (non-hydrogen) atoms. The van der Waals surface area contributed by atoms with Gasteiger partial charge in [0.2, 0.25) is 0 Å². The third-order valence-corrected chi connectivity index (χ3v) is 3.76. The molecular weight excluding hydrogens is 332 g/mol. The summed E-state index contributed by atoms with van der Waals surface area (Å²) < 4.78 is 11.1. The van der Waals surface area contributed by atoms with Gasteiger partial charge in [0.25, 0.3) is 5.69 Å². The molecule has 0 N–H and O–H groups in total. The van der Waals surface area contributed by atoms with Gasteiger partial charge in [-0.05, 0) is 47.9 Å². The van der Waals surface area contributed by atoms with Crippen LogP contribution in [0.2, 0.25) is 0 Å². The van der Waals surface area contributed by atoms with E-state index in [9.17, 15) is 15.4 Å². The fraction of sp³-hybridized carbons (Fsp3) is 0.250. The summed E-state index contributed by atoms with van der Waals surface area (Å²) >= 11 is 0. The second-order valence-electron chi connectivity index (χ2n) is 5.59. The first-order valence-electron chi connectivity index (χ1n) is 8.26. The molecular formula is C20H20N2O4. The van der Waals surface area contributed by atoms with E-state index < -0.39 is 4.92 Å². The smallest absolute Gasteiger partial charge is 0.269 e. The molecule has 0 aromatic heterocycles. The number of non-ortho nitro benzene ring substituents is 1. The Kier molecular flexibility index (Phi) is 6.75. The normalized spacial score (nSPS) is 10.9. The van der Waals surface area contributed by atoms with Crippen molar-refractivity contribution in [3.8, 4) is 17.6 Å². The molecule has 0 bridgehead atoms. The molecule has 0 aliphatic heterocycles. The predicted molar refractivity (Wildman–Crippen MR) is 100.0 cm³/mol. The van der Waals surface area contributed by atoms with E-state index in [1.807, 2.05) is 12.1 Å². The molecule has 2 aromatic carbocycles. The van der Waals surface area contributed by atoms with Crippen LogP contribution in [-0.2, 0) is 0 Å². The number of nitrogens with zero attached hydrogens (tertiary/aromatic N) is 2. The highest BCUT2D eigenvalue weighted by atomic mass is 16.6. The average Bonchev–Trinajstić information content (AvgIpc) is 2.67. The number of allylic oxidation sites excluding steroid dienone is 1. The maximum Gasteiger partial charge on any atom is 0.269 e. The minimum absolute atomic E-state index is 0.0127.